The second-order valence-electron chi connectivity index (χ2n) is 5.82. The van der Waals surface area contributed by atoms with E-state index in [1.807, 2.05) is 19.0 Å². The summed E-state index contributed by atoms with van der Waals surface area (Å²) in [7, 11) is 3.81. The summed E-state index contributed by atoms with van der Waals surface area (Å²) in [5, 5.41) is 5.25. The summed E-state index contributed by atoms with van der Waals surface area (Å²) < 4.78 is 5.02. The van der Waals surface area contributed by atoms with Gasteiger partial charge in [-0.2, -0.15) is 0 Å². The van der Waals surface area contributed by atoms with Crippen LogP contribution in [0.1, 0.15) is 17.3 Å². The summed E-state index contributed by atoms with van der Waals surface area (Å²) in [6, 6.07) is 13.5. The molecule has 0 saturated carbocycles. The molecule has 2 rings (SSSR count). The van der Waals surface area contributed by atoms with Crippen LogP contribution in [-0.4, -0.2) is 38.5 Å². The molecule has 2 aromatic carbocycles. The number of amides is 2. The molecule has 0 heterocycles. The first-order valence-corrected chi connectivity index (χ1v) is 7.97. The third-order valence-electron chi connectivity index (χ3n) is 3.44. The highest BCUT2D eigenvalue weighted by molar-refractivity contribution is 5.96. The van der Waals surface area contributed by atoms with E-state index in [2.05, 4.69) is 10.6 Å². The van der Waals surface area contributed by atoms with Crippen molar-refractivity contribution in [3.63, 3.8) is 0 Å². The van der Waals surface area contributed by atoms with Gasteiger partial charge in [-0.05, 0) is 48.5 Å². The van der Waals surface area contributed by atoms with Gasteiger partial charge in [0, 0.05) is 38.1 Å². The van der Waals surface area contributed by atoms with Crippen molar-refractivity contribution in [3.05, 3.63) is 54.1 Å². The smallest absolute Gasteiger partial charge is 0.338 e. The number of hydrogen-bond donors (Lipinski definition) is 2. The zero-order valence-corrected chi connectivity index (χ0v) is 14.9. The molecule has 0 aliphatic rings. The van der Waals surface area contributed by atoms with Crippen molar-refractivity contribution in [2.75, 3.05) is 36.2 Å². The van der Waals surface area contributed by atoms with E-state index < -0.39 is 11.9 Å². The number of hydrogen-bond acceptors (Lipinski definition) is 5. The van der Waals surface area contributed by atoms with E-state index in [0.717, 1.165) is 5.69 Å². The predicted octanol–water partition coefficient (Wildman–Crippen LogP) is 2.51. The SMILES string of the molecule is CC(=O)Nc1ccc(NC(=O)COC(=O)c2ccc(N(C)C)cc2)cc1. The van der Waals surface area contributed by atoms with Gasteiger partial charge < -0.3 is 20.3 Å². The number of carbonyl (C=O) groups excluding carboxylic acids is 3. The van der Waals surface area contributed by atoms with Crippen molar-refractivity contribution in [3.8, 4) is 0 Å². The Balaban J connectivity index is 1.84. The molecule has 7 nitrogen and oxygen atoms in total. The third-order valence-corrected chi connectivity index (χ3v) is 3.44. The first-order chi connectivity index (χ1) is 12.3. The molecular formula is C19H21N3O4. The van der Waals surface area contributed by atoms with Crippen LogP contribution in [0.3, 0.4) is 0 Å². The number of carbonyl (C=O) groups is 3. The molecule has 0 bridgehead atoms. The normalized spacial score (nSPS) is 9.96. The highest BCUT2D eigenvalue weighted by Gasteiger charge is 2.11. The minimum Gasteiger partial charge on any atom is -0.452 e. The molecule has 0 aliphatic carbocycles. The van der Waals surface area contributed by atoms with Crippen molar-refractivity contribution < 1.29 is 19.1 Å². The fourth-order valence-electron chi connectivity index (χ4n) is 2.15. The minimum atomic E-state index is -0.563. The lowest BCUT2D eigenvalue weighted by molar-refractivity contribution is -0.119. The van der Waals surface area contributed by atoms with Gasteiger partial charge in [-0.25, -0.2) is 4.79 Å². The topological polar surface area (TPSA) is 87.7 Å². The van der Waals surface area contributed by atoms with E-state index in [4.69, 9.17) is 4.74 Å². The molecule has 2 amide bonds. The van der Waals surface area contributed by atoms with E-state index in [0.29, 0.717) is 16.9 Å². The average molecular weight is 355 g/mol. The van der Waals surface area contributed by atoms with Gasteiger partial charge in [0.05, 0.1) is 5.56 Å². The Bertz CT molecular complexity index is 783. The number of ether oxygens (including phenoxy) is 1. The maximum atomic E-state index is 12.0. The van der Waals surface area contributed by atoms with Crippen LogP contribution in [0.25, 0.3) is 0 Å². The molecule has 0 saturated heterocycles. The highest BCUT2D eigenvalue weighted by atomic mass is 16.5. The number of esters is 1. The summed E-state index contributed by atoms with van der Waals surface area (Å²) in [6.07, 6.45) is 0. The minimum absolute atomic E-state index is 0.174. The van der Waals surface area contributed by atoms with Crippen LogP contribution in [0.5, 0.6) is 0 Å². The fourth-order valence-corrected chi connectivity index (χ4v) is 2.15. The van der Waals surface area contributed by atoms with Gasteiger partial charge in [0.1, 0.15) is 0 Å². The van der Waals surface area contributed by atoms with Gasteiger partial charge in [0.2, 0.25) is 5.91 Å². The van der Waals surface area contributed by atoms with Crippen LogP contribution in [0.4, 0.5) is 17.1 Å². The van der Waals surface area contributed by atoms with Gasteiger partial charge in [0.25, 0.3) is 5.91 Å². The number of nitrogens with one attached hydrogen (secondary N) is 2. The molecule has 0 radical (unpaired) electrons. The second-order valence-corrected chi connectivity index (χ2v) is 5.82. The highest BCUT2D eigenvalue weighted by Crippen LogP contribution is 2.14. The van der Waals surface area contributed by atoms with Gasteiger partial charge in [0.15, 0.2) is 6.61 Å². The molecule has 0 fully saturated rings. The Labute approximate surface area is 152 Å². The molecule has 0 atom stereocenters. The van der Waals surface area contributed by atoms with Crippen molar-refractivity contribution in [2.45, 2.75) is 6.92 Å². The number of nitrogens with zero attached hydrogens (tertiary/aromatic N) is 1. The lowest BCUT2D eigenvalue weighted by Crippen LogP contribution is -2.21. The maximum Gasteiger partial charge on any atom is 0.338 e. The first-order valence-electron chi connectivity index (χ1n) is 7.97. The summed E-state index contributed by atoms with van der Waals surface area (Å²) >= 11 is 0. The lowest BCUT2D eigenvalue weighted by atomic mass is 10.2. The zero-order chi connectivity index (χ0) is 19.1. The largest absolute Gasteiger partial charge is 0.452 e. The van der Waals surface area contributed by atoms with Crippen molar-refractivity contribution in [1.29, 1.82) is 0 Å². The second kappa shape index (κ2) is 8.66. The Morgan fingerprint density at radius 1 is 0.885 bits per heavy atom. The summed E-state index contributed by atoms with van der Waals surface area (Å²) in [4.78, 5) is 36.7. The van der Waals surface area contributed by atoms with Crippen LogP contribution >= 0.6 is 0 Å². The van der Waals surface area contributed by atoms with Crippen LogP contribution in [0.15, 0.2) is 48.5 Å². The van der Waals surface area contributed by atoms with Crippen LogP contribution in [0.2, 0.25) is 0 Å². The maximum absolute atomic E-state index is 12.0. The third kappa shape index (κ3) is 5.62. The molecule has 2 N–H and O–H groups in total. The van der Waals surface area contributed by atoms with E-state index in [1.165, 1.54) is 6.92 Å². The Morgan fingerprint density at radius 3 is 1.92 bits per heavy atom. The molecule has 0 spiro atoms. The number of rotatable bonds is 6. The Hall–Kier alpha value is -3.35. The van der Waals surface area contributed by atoms with Crippen LogP contribution in [0, 0.1) is 0 Å². The monoisotopic (exact) mass is 355 g/mol. The first kappa shape index (κ1) is 19.0. The van der Waals surface area contributed by atoms with Crippen molar-refractivity contribution >= 4 is 34.8 Å². The van der Waals surface area contributed by atoms with E-state index in [1.54, 1.807) is 48.5 Å². The zero-order valence-electron chi connectivity index (χ0n) is 14.9. The van der Waals surface area contributed by atoms with Gasteiger partial charge in [-0.15, -0.1) is 0 Å². The van der Waals surface area contributed by atoms with Gasteiger partial charge >= 0.3 is 5.97 Å². The molecule has 0 aromatic heterocycles. The summed E-state index contributed by atoms with van der Waals surface area (Å²) in [5.41, 5.74) is 2.50. The quantitative estimate of drug-likeness (QED) is 0.778. The molecule has 2 aromatic rings. The average Bonchev–Trinajstić information content (AvgIpc) is 2.61. The van der Waals surface area contributed by atoms with Crippen LogP contribution in [-0.2, 0) is 14.3 Å². The number of anilines is 3. The molecular weight excluding hydrogens is 334 g/mol. The molecule has 26 heavy (non-hydrogen) atoms. The van der Waals surface area contributed by atoms with Crippen LogP contribution < -0.4 is 15.5 Å². The molecule has 7 heteroatoms. The molecule has 0 unspecified atom stereocenters. The number of benzene rings is 2. The summed E-state index contributed by atoms with van der Waals surface area (Å²) in [5.74, 6) is -1.19. The van der Waals surface area contributed by atoms with E-state index >= 15 is 0 Å². The summed E-state index contributed by atoms with van der Waals surface area (Å²) in [6.45, 7) is 1.03. The standard InChI is InChI=1S/C19H21N3O4/c1-13(23)20-15-6-8-16(9-7-15)21-18(24)12-26-19(25)14-4-10-17(11-5-14)22(2)3/h4-11H,12H2,1-3H3,(H,20,23)(H,21,24). The Kier molecular flexibility index (Phi) is 6.32. The van der Waals surface area contributed by atoms with Crippen molar-refractivity contribution in [2.24, 2.45) is 0 Å². The molecule has 136 valence electrons. The molecule has 0 aliphatic heterocycles. The van der Waals surface area contributed by atoms with Gasteiger partial charge in [-0.1, -0.05) is 0 Å². The lowest BCUT2D eigenvalue weighted by Gasteiger charge is -2.12. The fraction of sp³-hybridized carbons (Fsp3) is 0.211. The Morgan fingerprint density at radius 2 is 1.42 bits per heavy atom. The van der Waals surface area contributed by atoms with Crippen molar-refractivity contribution in [1.82, 2.24) is 0 Å². The van der Waals surface area contributed by atoms with E-state index in [9.17, 15) is 14.4 Å². The predicted molar refractivity (Wildman–Crippen MR) is 100 cm³/mol. The van der Waals surface area contributed by atoms with E-state index in [-0.39, 0.29) is 12.5 Å². The van der Waals surface area contributed by atoms with Gasteiger partial charge in [-0.3, -0.25) is 9.59 Å².